The van der Waals surface area contributed by atoms with E-state index < -0.39 is 0 Å². The number of rotatable bonds is 4. The van der Waals surface area contributed by atoms with Crippen LogP contribution in [-0.2, 0) is 6.54 Å². The summed E-state index contributed by atoms with van der Waals surface area (Å²) in [6.45, 7) is 7.37. The average Bonchev–Trinajstić information content (AvgIpc) is 2.52. The molecule has 1 saturated heterocycles. The third-order valence-corrected chi connectivity index (χ3v) is 4.09. The minimum absolute atomic E-state index is 0.142. The van der Waals surface area contributed by atoms with Gasteiger partial charge in [0.1, 0.15) is 0 Å². The van der Waals surface area contributed by atoms with E-state index in [9.17, 15) is 4.79 Å². The van der Waals surface area contributed by atoms with Crippen LogP contribution >= 0.6 is 0 Å². The van der Waals surface area contributed by atoms with Crippen molar-refractivity contribution in [3.63, 3.8) is 0 Å². The van der Waals surface area contributed by atoms with E-state index in [1.54, 1.807) is 0 Å². The van der Waals surface area contributed by atoms with Gasteiger partial charge in [-0.1, -0.05) is 26.0 Å². The highest BCUT2D eigenvalue weighted by molar-refractivity contribution is 5.92. The third-order valence-electron chi connectivity index (χ3n) is 4.09. The van der Waals surface area contributed by atoms with E-state index in [1.807, 2.05) is 34.1 Å². The molecule has 116 valence electrons. The van der Waals surface area contributed by atoms with Crippen LogP contribution in [0.3, 0.4) is 0 Å². The van der Waals surface area contributed by atoms with Crippen LogP contribution in [0.15, 0.2) is 24.3 Å². The van der Waals surface area contributed by atoms with Gasteiger partial charge in [0.15, 0.2) is 0 Å². The molecule has 1 unspecified atom stereocenters. The monoisotopic (exact) mass is 289 g/mol. The van der Waals surface area contributed by atoms with Crippen molar-refractivity contribution in [2.75, 3.05) is 24.5 Å². The van der Waals surface area contributed by atoms with Crippen LogP contribution in [0.5, 0.6) is 0 Å². The molecule has 1 heterocycles. The summed E-state index contributed by atoms with van der Waals surface area (Å²) >= 11 is 0. The van der Waals surface area contributed by atoms with Crippen molar-refractivity contribution in [3.05, 3.63) is 29.8 Å². The second-order valence-electron chi connectivity index (χ2n) is 6.00. The summed E-state index contributed by atoms with van der Waals surface area (Å²) < 4.78 is 0. The molecule has 1 fully saturated rings. The third kappa shape index (κ3) is 3.97. The minimum atomic E-state index is 0.142. The Balaban J connectivity index is 2.14. The van der Waals surface area contributed by atoms with E-state index in [2.05, 4.69) is 13.8 Å². The molecule has 2 N–H and O–H groups in total. The fourth-order valence-electron chi connectivity index (χ4n) is 2.90. The fourth-order valence-corrected chi connectivity index (χ4v) is 2.90. The molecule has 4 nitrogen and oxygen atoms in total. The Bertz CT molecular complexity index is 458. The Morgan fingerprint density at radius 1 is 1.38 bits per heavy atom. The van der Waals surface area contributed by atoms with Gasteiger partial charge in [-0.25, -0.2) is 4.79 Å². The summed E-state index contributed by atoms with van der Waals surface area (Å²) in [5, 5.41) is 0. The van der Waals surface area contributed by atoms with Crippen molar-refractivity contribution in [1.82, 2.24) is 4.90 Å². The van der Waals surface area contributed by atoms with Crippen molar-refractivity contribution in [1.29, 1.82) is 0 Å². The molecule has 0 aliphatic carbocycles. The largest absolute Gasteiger partial charge is 0.326 e. The van der Waals surface area contributed by atoms with E-state index >= 15 is 0 Å². The van der Waals surface area contributed by atoms with E-state index in [4.69, 9.17) is 5.73 Å². The first-order valence-electron chi connectivity index (χ1n) is 8.01. The zero-order chi connectivity index (χ0) is 15.2. The number of carbonyl (C=O) groups excluding carboxylic acids is 1. The molecule has 1 aliphatic rings. The van der Waals surface area contributed by atoms with Crippen molar-refractivity contribution in [2.24, 2.45) is 11.7 Å². The van der Waals surface area contributed by atoms with E-state index in [-0.39, 0.29) is 6.03 Å². The topological polar surface area (TPSA) is 49.6 Å². The standard InChI is InChI=1S/C17H27N3O/c1-3-10-20(16-8-6-15(12-18)7-9-16)17(21)19-11-4-5-14(2)13-19/h6-9,14H,3-5,10-13,18H2,1-2H3. The predicted molar refractivity (Wildman–Crippen MR) is 87.3 cm³/mol. The smallest absolute Gasteiger partial charge is 0.324 e. The number of piperidine rings is 1. The zero-order valence-corrected chi connectivity index (χ0v) is 13.2. The van der Waals surface area contributed by atoms with Gasteiger partial charge in [-0.2, -0.15) is 0 Å². The molecular weight excluding hydrogens is 262 g/mol. The lowest BCUT2D eigenvalue weighted by Gasteiger charge is -2.35. The summed E-state index contributed by atoms with van der Waals surface area (Å²) in [6.07, 6.45) is 3.29. The second kappa shape index (κ2) is 7.46. The fraction of sp³-hybridized carbons (Fsp3) is 0.588. The van der Waals surface area contributed by atoms with E-state index in [1.165, 1.54) is 6.42 Å². The van der Waals surface area contributed by atoms with Gasteiger partial charge in [0.05, 0.1) is 0 Å². The van der Waals surface area contributed by atoms with Crippen LogP contribution in [0.4, 0.5) is 10.5 Å². The number of hydrogen-bond donors (Lipinski definition) is 1. The lowest BCUT2D eigenvalue weighted by molar-refractivity contribution is 0.176. The summed E-state index contributed by atoms with van der Waals surface area (Å²) in [5.41, 5.74) is 7.70. The molecule has 1 aromatic rings. The number of anilines is 1. The maximum Gasteiger partial charge on any atom is 0.324 e. The van der Waals surface area contributed by atoms with Crippen molar-refractivity contribution in [3.8, 4) is 0 Å². The Morgan fingerprint density at radius 2 is 2.10 bits per heavy atom. The first-order valence-corrected chi connectivity index (χ1v) is 8.01. The Kier molecular flexibility index (Phi) is 5.62. The summed E-state index contributed by atoms with van der Waals surface area (Å²) in [7, 11) is 0. The maximum atomic E-state index is 12.8. The molecular formula is C17H27N3O. The van der Waals surface area contributed by atoms with Crippen molar-refractivity contribution >= 4 is 11.7 Å². The van der Waals surface area contributed by atoms with Gasteiger partial charge in [-0.3, -0.25) is 4.90 Å². The van der Waals surface area contributed by atoms with Gasteiger partial charge >= 0.3 is 6.03 Å². The normalized spacial score (nSPS) is 18.6. The molecule has 0 bridgehead atoms. The summed E-state index contributed by atoms with van der Waals surface area (Å²) in [4.78, 5) is 16.7. The zero-order valence-electron chi connectivity index (χ0n) is 13.2. The van der Waals surface area contributed by atoms with Gasteiger partial charge < -0.3 is 10.6 Å². The number of likely N-dealkylation sites (tertiary alicyclic amines) is 1. The number of benzene rings is 1. The molecule has 2 amide bonds. The molecule has 0 spiro atoms. The molecule has 0 radical (unpaired) electrons. The molecule has 4 heteroatoms. The minimum Gasteiger partial charge on any atom is -0.326 e. The SMILES string of the molecule is CCCN(C(=O)N1CCCC(C)C1)c1ccc(CN)cc1. The van der Waals surface area contributed by atoms with Gasteiger partial charge in [0, 0.05) is 31.9 Å². The number of nitrogens with two attached hydrogens (primary N) is 1. The molecule has 1 aromatic carbocycles. The molecule has 21 heavy (non-hydrogen) atoms. The maximum absolute atomic E-state index is 12.8. The Morgan fingerprint density at radius 3 is 2.67 bits per heavy atom. The van der Waals surface area contributed by atoms with Gasteiger partial charge in [-0.15, -0.1) is 0 Å². The lowest BCUT2D eigenvalue weighted by Crippen LogP contribution is -2.47. The average molecular weight is 289 g/mol. The first-order chi connectivity index (χ1) is 10.2. The number of amides is 2. The summed E-state index contributed by atoms with van der Waals surface area (Å²) in [5.74, 6) is 0.603. The van der Waals surface area contributed by atoms with Gasteiger partial charge in [-0.05, 0) is 42.9 Å². The summed E-state index contributed by atoms with van der Waals surface area (Å²) in [6, 6.07) is 8.16. The van der Waals surface area contributed by atoms with Crippen LogP contribution < -0.4 is 10.6 Å². The van der Waals surface area contributed by atoms with Crippen LogP contribution in [0.1, 0.15) is 38.7 Å². The predicted octanol–water partition coefficient (Wildman–Crippen LogP) is 3.21. The first kappa shape index (κ1) is 15.8. The van der Waals surface area contributed by atoms with Crippen LogP contribution in [0.25, 0.3) is 0 Å². The lowest BCUT2D eigenvalue weighted by atomic mass is 10.0. The van der Waals surface area contributed by atoms with Gasteiger partial charge in [0.25, 0.3) is 0 Å². The van der Waals surface area contributed by atoms with Crippen molar-refractivity contribution in [2.45, 2.75) is 39.7 Å². The van der Waals surface area contributed by atoms with Crippen LogP contribution in [0, 0.1) is 5.92 Å². The molecule has 1 atom stereocenters. The van der Waals surface area contributed by atoms with Crippen LogP contribution in [0.2, 0.25) is 0 Å². The number of nitrogens with zero attached hydrogens (tertiary/aromatic N) is 2. The van der Waals surface area contributed by atoms with E-state index in [0.29, 0.717) is 12.5 Å². The van der Waals surface area contributed by atoms with E-state index in [0.717, 1.165) is 43.7 Å². The number of urea groups is 1. The second-order valence-corrected chi connectivity index (χ2v) is 6.00. The highest BCUT2D eigenvalue weighted by Gasteiger charge is 2.25. The van der Waals surface area contributed by atoms with Gasteiger partial charge in [0.2, 0.25) is 0 Å². The number of carbonyl (C=O) groups is 1. The quantitative estimate of drug-likeness (QED) is 0.925. The highest BCUT2D eigenvalue weighted by atomic mass is 16.2. The molecule has 0 saturated carbocycles. The molecule has 2 rings (SSSR count). The Hall–Kier alpha value is -1.55. The van der Waals surface area contributed by atoms with Crippen molar-refractivity contribution < 1.29 is 4.79 Å². The molecule has 0 aromatic heterocycles. The van der Waals surface area contributed by atoms with Crippen LogP contribution in [-0.4, -0.2) is 30.6 Å². The number of hydrogen-bond acceptors (Lipinski definition) is 2. The molecule has 1 aliphatic heterocycles. The highest BCUT2D eigenvalue weighted by Crippen LogP contribution is 2.21. The Labute approximate surface area is 127 Å².